The van der Waals surface area contributed by atoms with Gasteiger partial charge < -0.3 is 18.9 Å². The van der Waals surface area contributed by atoms with Gasteiger partial charge in [0.05, 0.1) is 20.3 Å². The Morgan fingerprint density at radius 2 is 1.26 bits per heavy atom. The van der Waals surface area contributed by atoms with Crippen molar-refractivity contribution in [3.05, 3.63) is 62.3 Å². The molecule has 0 spiro atoms. The minimum Gasteiger partial charge on any atom is -0.466 e. The number of hydrogen-bond donors (Lipinski definition) is 0. The lowest BCUT2D eigenvalue weighted by molar-refractivity contribution is -0.139. The first-order valence-corrected chi connectivity index (χ1v) is 12.7. The second-order valence-electron chi connectivity index (χ2n) is 7.92. The zero-order valence-corrected chi connectivity index (χ0v) is 24.5. The van der Waals surface area contributed by atoms with E-state index < -0.39 is 0 Å². The van der Waals surface area contributed by atoms with Crippen LogP contribution in [0.4, 0.5) is 0 Å². The fraction of sp³-hybridized carbons (Fsp3) is 0.533. The largest absolute Gasteiger partial charge is 0.466 e. The van der Waals surface area contributed by atoms with Crippen molar-refractivity contribution in [3.63, 3.8) is 0 Å². The molecule has 0 aliphatic rings. The van der Waals surface area contributed by atoms with Gasteiger partial charge in [-0.2, -0.15) is 0 Å². The van der Waals surface area contributed by atoms with Gasteiger partial charge in [-0.15, -0.1) is 0 Å². The molecule has 0 fully saturated rings. The van der Waals surface area contributed by atoms with Crippen molar-refractivity contribution in [2.24, 2.45) is 5.92 Å². The molecule has 0 radical (unpaired) electrons. The molecule has 0 N–H and O–H groups in total. The van der Waals surface area contributed by atoms with Crippen molar-refractivity contribution in [1.29, 1.82) is 0 Å². The molecule has 8 heteroatoms. The molecule has 1 unspecified atom stereocenters. The maximum atomic E-state index is 10.8. The third kappa shape index (κ3) is 34.7. The molecular weight excluding hydrogens is 488 g/mol. The average Bonchev–Trinajstić information content (AvgIpc) is 2.91. The summed E-state index contributed by atoms with van der Waals surface area (Å²) in [6, 6.07) is 0. The fourth-order valence-corrected chi connectivity index (χ4v) is 1.97. The third-order valence-electron chi connectivity index (χ3n) is 4.29. The van der Waals surface area contributed by atoms with E-state index in [1.165, 1.54) is 38.2 Å². The number of methoxy groups -OCH3 is 1. The fourth-order valence-electron chi connectivity index (χ4n) is 1.97. The summed E-state index contributed by atoms with van der Waals surface area (Å²) in [7, 11) is 1.33. The number of ether oxygens (including phenoxy) is 4. The van der Waals surface area contributed by atoms with Gasteiger partial charge in [0.2, 0.25) is 0 Å². The highest BCUT2D eigenvalue weighted by Gasteiger charge is 2.07. The molecular formula is C30H50O8. The van der Waals surface area contributed by atoms with Gasteiger partial charge in [0.15, 0.2) is 0 Å². The van der Waals surface area contributed by atoms with Crippen LogP contribution in [0.15, 0.2) is 62.3 Å². The molecule has 0 aliphatic heterocycles. The lowest BCUT2D eigenvalue weighted by Gasteiger charge is -2.13. The SMILES string of the molecule is C=C(C)C(=O)OC.C=CC(=O)OCC(CC)CCCC.C=CC(=O)OCCCC.C=CCOC(=O)C(=C)C. The van der Waals surface area contributed by atoms with Crippen molar-refractivity contribution < 1.29 is 38.1 Å². The lowest BCUT2D eigenvalue weighted by Crippen LogP contribution is -2.12. The number of carbonyl (C=O) groups excluding carboxylic acids is 4. The van der Waals surface area contributed by atoms with Crippen LogP contribution in [0, 0.1) is 5.92 Å². The molecule has 0 bridgehead atoms. The third-order valence-corrected chi connectivity index (χ3v) is 4.29. The Labute approximate surface area is 230 Å². The van der Waals surface area contributed by atoms with Gasteiger partial charge in [0, 0.05) is 23.3 Å². The van der Waals surface area contributed by atoms with Crippen LogP contribution in [0.2, 0.25) is 0 Å². The minimum atomic E-state index is -0.366. The Hall–Kier alpha value is -3.42. The highest BCUT2D eigenvalue weighted by molar-refractivity contribution is 5.87. The molecule has 0 aromatic rings. The number of unbranched alkanes of at least 4 members (excludes halogenated alkanes) is 2. The smallest absolute Gasteiger partial charge is 0.333 e. The van der Waals surface area contributed by atoms with Crippen LogP contribution in [0.3, 0.4) is 0 Å². The Balaban J connectivity index is -0.000000208. The van der Waals surface area contributed by atoms with Gasteiger partial charge in [-0.3, -0.25) is 0 Å². The molecule has 1 atom stereocenters. The van der Waals surface area contributed by atoms with Crippen LogP contribution < -0.4 is 0 Å². The van der Waals surface area contributed by atoms with Crippen LogP contribution in [-0.2, 0) is 38.1 Å². The summed E-state index contributed by atoms with van der Waals surface area (Å²) in [4.78, 5) is 41.8. The van der Waals surface area contributed by atoms with Gasteiger partial charge in [0.1, 0.15) is 6.61 Å². The molecule has 0 aromatic carbocycles. The van der Waals surface area contributed by atoms with E-state index in [-0.39, 0.29) is 30.5 Å². The van der Waals surface area contributed by atoms with E-state index in [9.17, 15) is 19.2 Å². The van der Waals surface area contributed by atoms with E-state index in [0.717, 1.165) is 25.7 Å². The van der Waals surface area contributed by atoms with Crippen molar-refractivity contribution in [1.82, 2.24) is 0 Å². The minimum absolute atomic E-state index is 0.256. The molecule has 218 valence electrons. The van der Waals surface area contributed by atoms with E-state index in [0.29, 0.717) is 30.3 Å². The van der Waals surface area contributed by atoms with E-state index in [4.69, 9.17) is 4.74 Å². The molecule has 0 saturated heterocycles. The highest BCUT2D eigenvalue weighted by atomic mass is 16.5. The Bertz CT molecular complexity index is 722. The van der Waals surface area contributed by atoms with Crippen molar-refractivity contribution in [3.8, 4) is 0 Å². The maximum absolute atomic E-state index is 10.8. The molecule has 8 nitrogen and oxygen atoms in total. The summed E-state index contributed by atoms with van der Waals surface area (Å²) in [5.74, 6) is -0.836. The summed E-state index contributed by atoms with van der Waals surface area (Å²) in [6.07, 6.45) is 10.5. The van der Waals surface area contributed by atoms with Crippen LogP contribution in [0.1, 0.15) is 73.1 Å². The molecule has 0 saturated carbocycles. The summed E-state index contributed by atoms with van der Waals surface area (Å²) in [5, 5.41) is 0. The van der Waals surface area contributed by atoms with E-state index in [1.54, 1.807) is 13.8 Å². The second-order valence-corrected chi connectivity index (χ2v) is 7.92. The maximum Gasteiger partial charge on any atom is 0.333 e. The number of esters is 4. The predicted octanol–water partition coefficient (Wildman–Crippen LogP) is 6.47. The monoisotopic (exact) mass is 538 g/mol. The van der Waals surface area contributed by atoms with Gasteiger partial charge in [-0.05, 0) is 32.6 Å². The Morgan fingerprint density at radius 3 is 1.61 bits per heavy atom. The summed E-state index contributed by atoms with van der Waals surface area (Å²) >= 11 is 0. The van der Waals surface area contributed by atoms with Gasteiger partial charge in [0.25, 0.3) is 0 Å². The quantitative estimate of drug-likeness (QED) is 0.0767. The van der Waals surface area contributed by atoms with Crippen LogP contribution in [-0.4, -0.2) is 50.8 Å². The van der Waals surface area contributed by atoms with E-state index in [2.05, 4.69) is 61.0 Å². The molecule has 0 rings (SSSR count). The Kier molecular flexibility index (Phi) is 34.7. The zero-order chi connectivity index (χ0) is 30.4. The first-order chi connectivity index (χ1) is 17.9. The zero-order valence-electron chi connectivity index (χ0n) is 24.5. The predicted molar refractivity (Wildman–Crippen MR) is 153 cm³/mol. The summed E-state index contributed by atoms with van der Waals surface area (Å²) in [5.41, 5.74) is 0.847. The normalized spacial score (nSPS) is 9.53. The molecule has 38 heavy (non-hydrogen) atoms. The number of rotatable bonds is 15. The summed E-state index contributed by atoms with van der Waals surface area (Å²) in [6.45, 7) is 27.6. The van der Waals surface area contributed by atoms with Gasteiger partial charge >= 0.3 is 23.9 Å². The second kappa shape index (κ2) is 31.6. The van der Waals surface area contributed by atoms with Crippen molar-refractivity contribution >= 4 is 23.9 Å². The molecule has 0 amide bonds. The molecule has 0 aromatic heterocycles. The Morgan fingerprint density at radius 1 is 0.763 bits per heavy atom. The van der Waals surface area contributed by atoms with Gasteiger partial charge in [-0.1, -0.05) is 85.4 Å². The number of hydrogen-bond acceptors (Lipinski definition) is 8. The number of carbonyl (C=O) groups is 4. The van der Waals surface area contributed by atoms with E-state index >= 15 is 0 Å². The standard InChI is InChI=1S/C11H20O2.C7H10O2.C7H12O2.C5H8O2/c1-4-7-8-10(5-2)9-13-11(12)6-3;1-4-5-9-7(8)6(2)3;1-3-5-6-9-7(8)4-2;1-4(2)5(6)7-3/h6,10H,3-5,7-9H2,1-2H3;4H,1-2,5H2,3H3;4H,2-3,5-6H2,1H3;1H2,2-3H3. The van der Waals surface area contributed by atoms with Gasteiger partial charge in [-0.25, -0.2) is 19.2 Å². The van der Waals surface area contributed by atoms with Crippen LogP contribution >= 0.6 is 0 Å². The van der Waals surface area contributed by atoms with Crippen molar-refractivity contribution in [2.75, 3.05) is 26.9 Å². The molecule has 0 aliphatic carbocycles. The topological polar surface area (TPSA) is 105 Å². The molecule has 0 heterocycles. The van der Waals surface area contributed by atoms with E-state index in [1.807, 2.05) is 6.92 Å². The summed E-state index contributed by atoms with van der Waals surface area (Å²) < 4.78 is 18.5. The highest BCUT2D eigenvalue weighted by Crippen LogP contribution is 2.12. The van der Waals surface area contributed by atoms with Crippen molar-refractivity contribution in [2.45, 2.75) is 73.1 Å². The average molecular weight is 539 g/mol. The first kappa shape index (κ1) is 41.7. The van der Waals surface area contributed by atoms with Crippen LogP contribution in [0.5, 0.6) is 0 Å². The lowest BCUT2D eigenvalue weighted by atomic mass is 10.0. The first-order valence-electron chi connectivity index (χ1n) is 12.7. The van der Waals surface area contributed by atoms with Crippen LogP contribution in [0.25, 0.3) is 0 Å².